The first kappa shape index (κ1) is 24.3. The molecule has 7 rings (SSSR count). The minimum atomic E-state index is -0.365. The summed E-state index contributed by atoms with van der Waals surface area (Å²) >= 11 is 0. The van der Waals surface area contributed by atoms with Gasteiger partial charge in [0.15, 0.2) is 0 Å². The molecule has 0 aliphatic carbocycles. The van der Waals surface area contributed by atoms with Crippen LogP contribution in [0.4, 0.5) is 0 Å². The van der Waals surface area contributed by atoms with Crippen LogP contribution in [-0.4, -0.2) is 19.1 Å². The van der Waals surface area contributed by atoms with Crippen LogP contribution in [0.15, 0.2) is 122 Å². The topological polar surface area (TPSA) is 35.6 Å². The second kappa shape index (κ2) is 8.92. The van der Waals surface area contributed by atoms with Crippen molar-refractivity contribution in [2.24, 2.45) is 0 Å². The van der Waals surface area contributed by atoms with Gasteiger partial charge in [-0.15, -0.1) is 0 Å². The van der Waals surface area contributed by atoms with Gasteiger partial charge in [0.2, 0.25) is 0 Å². The molecule has 0 radical (unpaired) electrons. The molecule has 8 bridgehead atoms. The third kappa shape index (κ3) is 3.83. The largest absolute Gasteiger partial charge is 0.302 e. The monoisotopic (exact) mass is 520 g/mol. The Morgan fingerprint density at radius 2 is 0.875 bits per heavy atom. The molecule has 0 unspecified atom stereocenters. The van der Waals surface area contributed by atoms with E-state index in [1.807, 2.05) is 0 Å². The van der Waals surface area contributed by atoms with Gasteiger partial charge in [0.1, 0.15) is 23.0 Å². The fourth-order valence-corrected chi connectivity index (χ4v) is 5.89. The number of imidazole rings is 2. The Labute approximate surface area is 235 Å². The van der Waals surface area contributed by atoms with E-state index in [0.717, 1.165) is 34.4 Å². The van der Waals surface area contributed by atoms with E-state index in [4.69, 9.17) is 9.97 Å². The van der Waals surface area contributed by atoms with E-state index in [1.54, 1.807) is 0 Å². The van der Waals surface area contributed by atoms with Gasteiger partial charge >= 0.3 is 0 Å². The molecule has 0 N–H and O–H groups in total. The van der Waals surface area contributed by atoms with Crippen LogP contribution in [0.3, 0.4) is 0 Å². The third-order valence-electron chi connectivity index (χ3n) is 8.36. The summed E-state index contributed by atoms with van der Waals surface area (Å²) in [6.45, 7) is 9.04. The lowest BCUT2D eigenvalue weighted by atomic mass is 9.80. The predicted molar refractivity (Wildman–Crippen MR) is 162 cm³/mol. The lowest BCUT2D eigenvalue weighted by Gasteiger charge is -2.27. The quantitative estimate of drug-likeness (QED) is 0.230. The number of nitrogens with zero attached hydrogens (tertiary/aromatic N) is 4. The second-order valence-electron chi connectivity index (χ2n) is 11.7. The predicted octanol–water partition coefficient (Wildman–Crippen LogP) is 8.36. The van der Waals surface area contributed by atoms with Crippen LogP contribution >= 0.6 is 0 Å². The Kier molecular flexibility index (Phi) is 5.43. The molecule has 40 heavy (non-hydrogen) atoms. The Morgan fingerprint density at radius 1 is 0.475 bits per heavy atom. The summed E-state index contributed by atoms with van der Waals surface area (Å²) in [7, 11) is 0. The molecule has 1 aliphatic rings. The maximum Gasteiger partial charge on any atom is 0.124 e. The molecular formula is C36H32N4. The zero-order chi connectivity index (χ0) is 27.5. The van der Waals surface area contributed by atoms with Crippen molar-refractivity contribution in [3.05, 3.63) is 144 Å². The van der Waals surface area contributed by atoms with E-state index in [-0.39, 0.29) is 10.8 Å². The van der Waals surface area contributed by atoms with Crippen LogP contribution in [0, 0.1) is 0 Å². The summed E-state index contributed by atoms with van der Waals surface area (Å²) in [5, 5.41) is 0. The lowest BCUT2D eigenvalue weighted by molar-refractivity contribution is 0.578. The standard InChI is InChI=1S/C36H32N4/c1-35(2)27-15-11-13-25(21-27)26-14-12-16-28(22-26)36(3,4)34-38-32(24-40(34)30-19-9-6-10-20-30)31-23-39(33(35)37-31)29-17-7-5-8-18-29/h5-24H,1-4H3. The zero-order valence-electron chi connectivity index (χ0n) is 23.3. The van der Waals surface area contributed by atoms with Gasteiger partial charge in [-0.3, -0.25) is 0 Å². The van der Waals surface area contributed by atoms with Gasteiger partial charge in [-0.25, -0.2) is 9.97 Å². The summed E-state index contributed by atoms with van der Waals surface area (Å²) in [4.78, 5) is 10.6. The molecular weight excluding hydrogens is 488 g/mol. The van der Waals surface area contributed by atoms with Gasteiger partial charge < -0.3 is 9.13 Å². The van der Waals surface area contributed by atoms with Crippen LogP contribution in [0.1, 0.15) is 50.5 Å². The zero-order valence-corrected chi connectivity index (χ0v) is 23.3. The summed E-state index contributed by atoms with van der Waals surface area (Å²) in [6.07, 6.45) is 4.29. The molecule has 3 heterocycles. The SMILES string of the molecule is CC1(C)c2cccc(c2)-c2cccc(c2)C(C)(C)c2nc(cn2-c2ccccc2)-c2cn(-c3ccccc3)c1n2. The molecule has 6 aromatic rings. The normalized spacial score (nSPS) is 14.9. The summed E-state index contributed by atoms with van der Waals surface area (Å²) in [5.41, 5.74) is 8.00. The van der Waals surface area contributed by atoms with Gasteiger partial charge in [-0.05, 0) is 74.2 Å². The maximum atomic E-state index is 5.32. The van der Waals surface area contributed by atoms with Crippen molar-refractivity contribution in [2.45, 2.75) is 38.5 Å². The smallest absolute Gasteiger partial charge is 0.124 e. The van der Waals surface area contributed by atoms with Crippen LogP contribution in [0.5, 0.6) is 0 Å². The summed E-state index contributed by atoms with van der Waals surface area (Å²) < 4.78 is 4.46. The molecule has 1 aliphatic heterocycles. The molecule has 2 aromatic heterocycles. The highest BCUT2D eigenvalue weighted by Crippen LogP contribution is 2.40. The molecule has 0 atom stereocenters. The van der Waals surface area contributed by atoms with E-state index in [2.05, 4.69) is 158 Å². The number of para-hydroxylation sites is 2. The van der Waals surface area contributed by atoms with E-state index < -0.39 is 0 Å². The van der Waals surface area contributed by atoms with Crippen molar-refractivity contribution < 1.29 is 0 Å². The molecule has 0 spiro atoms. The van der Waals surface area contributed by atoms with Crippen LogP contribution in [-0.2, 0) is 10.8 Å². The number of hydrogen-bond donors (Lipinski definition) is 0. The summed E-state index contributed by atoms with van der Waals surface area (Å²) in [5.74, 6) is 1.96. The van der Waals surface area contributed by atoms with Crippen LogP contribution < -0.4 is 0 Å². The first-order chi connectivity index (χ1) is 19.3. The van der Waals surface area contributed by atoms with Crippen molar-refractivity contribution in [3.8, 4) is 33.9 Å². The maximum absolute atomic E-state index is 5.32. The number of fused-ring (bicyclic) bond motifs is 10. The molecule has 0 fully saturated rings. The lowest BCUT2D eigenvalue weighted by Crippen LogP contribution is -2.24. The van der Waals surface area contributed by atoms with Gasteiger partial charge in [-0.2, -0.15) is 0 Å². The van der Waals surface area contributed by atoms with Gasteiger partial charge in [0.05, 0.1) is 0 Å². The van der Waals surface area contributed by atoms with Crippen molar-refractivity contribution >= 4 is 0 Å². The van der Waals surface area contributed by atoms with Crippen LogP contribution in [0.25, 0.3) is 33.9 Å². The number of rotatable bonds is 2. The Hall–Kier alpha value is -4.70. The average molecular weight is 521 g/mol. The molecule has 0 amide bonds. The summed E-state index contributed by atoms with van der Waals surface area (Å²) in [6, 6.07) is 38.8. The van der Waals surface area contributed by atoms with Crippen molar-refractivity contribution in [3.63, 3.8) is 0 Å². The van der Waals surface area contributed by atoms with E-state index in [1.165, 1.54) is 22.3 Å². The fraction of sp³-hybridized carbons (Fsp3) is 0.167. The van der Waals surface area contributed by atoms with E-state index in [0.29, 0.717) is 0 Å². The first-order valence-corrected chi connectivity index (χ1v) is 13.8. The molecule has 4 nitrogen and oxygen atoms in total. The Bertz CT molecular complexity index is 1700. The van der Waals surface area contributed by atoms with Crippen molar-refractivity contribution in [1.29, 1.82) is 0 Å². The van der Waals surface area contributed by atoms with Crippen molar-refractivity contribution in [2.75, 3.05) is 0 Å². The van der Waals surface area contributed by atoms with Gasteiger partial charge in [0.25, 0.3) is 0 Å². The Morgan fingerprint density at radius 3 is 1.27 bits per heavy atom. The highest BCUT2D eigenvalue weighted by atomic mass is 15.1. The highest BCUT2D eigenvalue weighted by Gasteiger charge is 2.34. The molecule has 0 saturated carbocycles. The Balaban J connectivity index is 1.58. The van der Waals surface area contributed by atoms with Crippen LogP contribution in [0.2, 0.25) is 0 Å². The second-order valence-corrected chi connectivity index (χ2v) is 11.7. The third-order valence-corrected chi connectivity index (χ3v) is 8.36. The van der Waals surface area contributed by atoms with Crippen molar-refractivity contribution in [1.82, 2.24) is 19.1 Å². The molecule has 0 saturated heterocycles. The number of benzene rings is 4. The molecule has 4 aromatic carbocycles. The van der Waals surface area contributed by atoms with Gasteiger partial charge in [0, 0.05) is 34.6 Å². The number of hydrogen-bond acceptors (Lipinski definition) is 2. The number of aromatic nitrogens is 4. The van der Waals surface area contributed by atoms with E-state index in [9.17, 15) is 0 Å². The highest BCUT2D eigenvalue weighted by molar-refractivity contribution is 5.67. The first-order valence-electron chi connectivity index (χ1n) is 13.8. The minimum Gasteiger partial charge on any atom is -0.302 e. The van der Waals surface area contributed by atoms with Gasteiger partial charge in [-0.1, -0.05) is 84.9 Å². The molecule has 196 valence electrons. The fourth-order valence-electron chi connectivity index (χ4n) is 5.89. The average Bonchev–Trinajstić information content (AvgIpc) is 3.64. The van der Waals surface area contributed by atoms with E-state index >= 15 is 0 Å². The minimum absolute atomic E-state index is 0.365. The molecule has 4 heteroatoms.